The van der Waals surface area contributed by atoms with Gasteiger partial charge in [-0.05, 0) is 31.9 Å². The highest BCUT2D eigenvalue weighted by molar-refractivity contribution is 7.89. The molecule has 0 spiro atoms. The third kappa shape index (κ3) is 5.15. The molecule has 38 heavy (non-hydrogen) atoms. The van der Waals surface area contributed by atoms with E-state index in [0.717, 1.165) is 28.8 Å². The van der Waals surface area contributed by atoms with Crippen LogP contribution in [0.4, 0.5) is 5.69 Å². The van der Waals surface area contributed by atoms with Gasteiger partial charge in [0, 0.05) is 44.2 Å². The second-order valence-electron chi connectivity index (χ2n) is 9.35. The molecule has 2 fully saturated rings. The van der Waals surface area contributed by atoms with E-state index in [1.807, 2.05) is 24.3 Å². The number of aryl methyl sites for hydroxylation is 1. The predicted octanol–water partition coefficient (Wildman–Crippen LogP) is 1.58. The van der Waals surface area contributed by atoms with Crippen LogP contribution in [-0.2, 0) is 26.1 Å². The molecule has 1 atom stereocenters. The van der Waals surface area contributed by atoms with E-state index in [9.17, 15) is 18.0 Å². The van der Waals surface area contributed by atoms with Crippen LogP contribution in [0.5, 0.6) is 5.75 Å². The van der Waals surface area contributed by atoms with Gasteiger partial charge in [0.05, 0.1) is 30.6 Å². The van der Waals surface area contributed by atoms with Crippen LogP contribution in [0.1, 0.15) is 17.7 Å². The maximum Gasteiger partial charge on any atom is 0.263 e. The van der Waals surface area contributed by atoms with Crippen molar-refractivity contribution < 1.29 is 22.7 Å². The van der Waals surface area contributed by atoms with Gasteiger partial charge < -0.3 is 19.7 Å². The van der Waals surface area contributed by atoms with E-state index < -0.39 is 15.6 Å². The Hall–Kier alpha value is -3.00. The van der Waals surface area contributed by atoms with Crippen LogP contribution in [0.2, 0.25) is 0 Å². The highest BCUT2D eigenvalue weighted by atomic mass is 32.2. The summed E-state index contributed by atoms with van der Waals surface area (Å²) in [4.78, 5) is 33.1. The van der Waals surface area contributed by atoms with Gasteiger partial charge in [0.15, 0.2) is 0 Å². The Labute approximate surface area is 225 Å². The molecule has 204 valence electrons. The Morgan fingerprint density at radius 1 is 1.24 bits per heavy atom. The van der Waals surface area contributed by atoms with Crippen molar-refractivity contribution in [3.05, 3.63) is 45.8 Å². The van der Waals surface area contributed by atoms with E-state index in [2.05, 4.69) is 15.2 Å². The quantitative estimate of drug-likeness (QED) is 0.440. The van der Waals surface area contributed by atoms with Crippen LogP contribution in [0, 0.1) is 6.92 Å². The molecular formula is C25H31N5O6S2. The number of thiophene rings is 1. The molecule has 13 heteroatoms. The number of hydrogen-bond acceptors (Lipinski definition) is 9. The molecule has 0 radical (unpaired) electrons. The fourth-order valence-corrected chi connectivity index (χ4v) is 8.06. The molecule has 0 saturated carbocycles. The number of piperazine rings is 1. The molecule has 2 aliphatic rings. The fraction of sp³-hybridized carbons (Fsp3) is 0.480. The van der Waals surface area contributed by atoms with Crippen molar-refractivity contribution in [3.63, 3.8) is 0 Å². The number of carbonyl (C=O) groups excluding carboxylic acids is 1. The maximum absolute atomic E-state index is 13.8. The number of carbonyl (C=O) groups is 1. The molecule has 0 unspecified atom stereocenters. The van der Waals surface area contributed by atoms with Gasteiger partial charge in [-0.2, -0.15) is 4.31 Å². The van der Waals surface area contributed by atoms with Gasteiger partial charge in [-0.25, -0.2) is 13.4 Å². The minimum atomic E-state index is -3.97. The molecule has 2 aliphatic heterocycles. The lowest BCUT2D eigenvalue weighted by Crippen LogP contribution is -2.49. The predicted molar refractivity (Wildman–Crippen MR) is 145 cm³/mol. The van der Waals surface area contributed by atoms with Crippen LogP contribution in [0.25, 0.3) is 10.2 Å². The first-order chi connectivity index (χ1) is 18.3. The van der Waals surface area contributed by atoms with Gasteiger partial charge in [0.25, 0.3) is 5.56 Å². The Bertz CT molecular complexity index is 1490. The fourth-order valence-electron chi connectivity index (χ4n) is 4.97. The van der Waals surface area contributed by atoms with E-state index in [1.54, 1.807) is 14.0 Å². The number of aromatic nitrogens is 2. The first-order valence-corrected chi connectivity index (χ1v) is 14.8. The molecule has 1 N–H and O–H groups in total. The summed E-state index contributed by atoms with van der Waals surface area (Å²) in [6, 6.07) is 7.63. The summed E-state index contributed by atoms with van der Waals surface area (Å²) in [7, 11) is -2.36. The third-order valence-electron chi connectivity index (χ3n) is 6.93. The zero-order chi connectivity index (χ0) is 26.9. The number of anilines is 1. The van der Waals surface area contributed by atoms with Crippen molar-refractivity contribution >= 4 is 43.2 Å². The second-order valence-corrected chi connectivity index (χ2v) is 12.4. The lowest BCUT2D eigenvalue weighted by atomic mass is 10.2. The lowest BCUT2D eigenvalue weighted by Gasteiger charge is -2.35. The number of ether oxygens (including phenoxy) is 2. The monoisotopic (exact) mass is 561 g/mol. The summed E-state index contributed by atoms with van der Waals surface area (Å²) in [6.07, 6.45) is 3.13. The van der Waals surface area contributed by atoms with Gasteiger partial charge in [0.1, 0.15) is 22.0 Å². The first-order valence-electron chi connectivity index (χ1n) is 12.5. The van der Waals surface area contributed by atoms with Gasteiger partial charge in [0.2, 0.25) is 15.9 Å². The topological polar surface area (TPSA) is 123 Å². The highest BCUT2D eigenvalue weighted by Crippen LogP contribution is 2.34. The zero-order valence-corrected chi connectivity index (χ0v) is 23.0. The number of fused-ring (bicyclic) bond motifs is 1. The molecule has 4 heterocycles. The molecule has 1 amide bonds. The van der Waals surface area contributed by atoms with Gasteiger partial charge in [-0.15, -0.1) is 11.3 Å². The second kappa shape index (κ2) is 11.0. The number of methoxy groups -OCH3 is 1. The number of hydrogen-bond donors (Lipinski definition) is 1. The number of benzene rings is 1. The Kier molecular flexibility index (Phi) is 7.70. The minimum Gasteiger partial charge on any atom is -0.495 e. The number of nitrogens with zero attached hydrogens (tertiary/aromatic N) is 4. The minimum absolute atomic E-state index is 0.0176. The lowest BCUT2D eigenvalue weighted by molar-refractivity contribution is -0.122. The van der Waals surface area contributed by atoms with Crippen molar-refractivity contribution in [2.75, 3.05) is 51.3 Å². The summed E-state index contributed by atoms with van der Waals surface area (Å²) in [5.41, 5.74) is 0.368. The van der Waals surface area contributed by atoms with Crippen LogP contribution in [0.3, 0.4) is 0 Å². The van der Waals surface area contributed by atoms with Crippen LogP contribution in [0.15, 0.2) is 40.3 Å². The maximum atomic E-state index is 13.8. The zero-order valence-electron chi connectivity index (χ0n) is 21.4. The molecule has 2 saturated heterocycles. The van der Waals surface area contributed by atoms with E-state index in [1.165, 1.54) is 22.0 Å². The van der Waals surface area contributed by atoms with Crippen LogP contribution < -0.4 is 20.5 Å². The largest absolute Gasteiger partial charge is 0.495 e. The Morgan fingerprint density at radius 2 is 2.00 bits per heavy atom. The summed E-state index contributed by atoms with van der Waals surface area (Å²) < 4.78 is 41.2. The molecule has 5 rings (SSSR count). The molecule has 2 aromatic heterocycles. The van der Waals surface area contributed by atoms with Crippen LogP contribution in [-0.4, -0.2) is 80.7 Å². The third-order valence-corrected chi connectivity index (χ3v) is 10.1. The van der Waals surface area contributed by atoms with E-state index in [4.69, 9.17) is 9.47 Å². The molecule has 0 aliphatic carbocycles. The summed E-state index contributed by atoms with van der Waals surface area (Å²) in [5.74, 6) is 0.377. The average Bonchev–Trinajstić information content (AvgIpc) is 3.57. The molecule has 0 bridgehead atoms. The summed E-state index contributed by atoms with van der Waals surface area (Å²) >= 11 is 1.17. The van der Waals surface area contributed by atoms with Crippen molar-refractivity contribution in [1.82, 2.24) is 19.2 Å². The standard InChI is InChI=1S/C25H31N5O6S2/c1-17-23(38(33,34)30-11-9-28(10-12-30)19-7-3-4-8-20(19)35-2)22-24(37-17)27-16-29(25(22)32)15-21(31)26-14-18-6-5-13-36-18/h3-4,7-8,16,18H,5-6,9-15H2,1-2H3,(H,26,31)/t18-/m0/s1. The van der Waals surface area contributed by atoms with Crippen molar-refractivity contribution in [1.29, 1.82) is 0 Å². The van der Waals surface area contributed by atoms with Crippen LogP contribution >= 0.6 is 11.3 Å². The highest BCUT2D eigenvalue weighted by Gasteiger charge is 2.34. The van der Waals surface area contributed by atoms with Crippen molar-refractivity contribution in [2.24, 2.45) is 0 Å². The smallest absolute Gasteiger partial charge is 0.263 e. The number of amides is 1. The SMILES string of the molecule is COc1ccccc1N1CCN(S(=O)(=O)c2c(C)sc3ncn(CC(=O)NC[C@@H]4CCCO4)c(=O)c23)CC1. The molecule has 1 aromatic carbocycles. The van der Waals surface area contributed by atoms with E-state index >= 15 is 0 Å². The number of sulfonamides is 1. The van der Waals surface area contributed by atoms with Crippen molar-refractivity contribution in [3.8, 4) is 5.75 Å². The van der Waals surface area contributed by atoms with Crippen molar-refractivity contribution in [2.45, 2.75) is 37.3 Å². The summed E-state index contributed by atoms with van der Waals surface area (Å²) in [5, 5.41) is 2.82. The van der Waals surface area contributed by atoms with Gasteiger partial charge >= 0.3 is 0 Å². The molecule has 3 aromatic rings. The number of nitrogens with one attached hydrogen (secondary N) is 1. The normalized spacial score (nSPS) is 18.7. The van der Waals surface area contributed by atoms with Gasteiger partial charge in [-0.1, -0.05) is 12.1 Å². The summed E-state index contributed by atoms with van der Waals surface area (Å²) in [6.45, 7) is 3.98. The van der Waals surface area contributed by atoms with E-state index in [0.29, 0.717) is 35.9 Å². The van der Waals surface area contributed by atoms with Gasteiger partial charge in [-0.3, -0.25) is 14.2 Å². The molecular weight excluding hydrogens is 530 g/mol. The first kappa shape index (κ1) is 26.6. The number of para-hydroxylation sites is 2. The Morgan fingerprint density at radius 3 is 2.71 bits per heavy atom. The average molecular weight is 562 g/mol. The molecule has 11 nitrogen and oxygen atoms in total. The Balaban J connectivity index is 1.36. The van der Waals surface area contributed by atoms with E-state index in [-0.39, 0.29) is 41.9 Å². The number of rotatable bonds is 8.